The summed E-state index contributed by atoms with van der Waals surface area (Å²) in [6.07, 6.45) is -3.30. The first-order valence-corrected chi connectivity index (χ1v) is 6.99. The normalized spacial score (nSPS) is 27.7. The first-order valence-electron chi connectivity index (χ1n) is 6.99. The molecule has 2 atom stereocenters. The topological polar surface area (TPSA) is 40.0 Å². The monoisotopic (exact) mass is 317 g/mol. The third kappa shape index (κ3) is 3.71. The first kappa shape index (κ1) is 16.6. The second-order valence-corrected chi connectivity index (χ2v) is 5.14. The van der Waals surface area contributed by atoms with Gasteiger partial charge >= 0.3 is 6.36 Å². The summed E-state index contributed by atoms with van der Waals surface area (Å²) in [4.78, 5) is 4.70. The third-order valence-corrected chi connectivity index (χ3v) is 3.58. The molecule has 1 aliphatic rings. The average Bonchev–Trinajstić information content (AvgIpc) is 2.44. The molecule has 2 unspecified atom stereocenters. The highest BCUT2D eigenvalue weighted by atomic mass is 19.4. The fraction of sp³-hybridized carbons (Fsp3) is 0.533. The van der Waals surface area contributed by atoms with Crippen molar-refractivity contribution in [2.24, 2.45) is 11.1 Å². The number of hydrogen-bond acceptors (Lipinski definition) is 4. The third-order valence-electron chi connectivity index (χ3n) is 3.58. The maximum atomic E-state index is 13.0. The van der Waals surface area contributed by atoms with Crippen LogP contribution in [0.2, 0.25) is 0 Å². The number of rotatable bonds is 4. The van der Waals surface area contributed by atoms with Crippen LogP contribution in [0.5, 0.6) is 5.75 Å². The van der Waals surface area contributed by atoms with Crippen molar-refractivity contribution < 1.29 is 27.5 Å². The molecule has 0 radical (unpaired) electrons. The number of ether oxygens (including phenoxy) is 2. The molecule has 0 bridgehead atoms. The van der Waals surface area contributed by atoms with E-state index in [1.54, 1.807) is 37.3 Å². The van der Waals surface area contributed by atoms with E-state index < -0.39 is 18.1 Å². The second-order valence-electron chi connectivity index (χ2n) is 5.14. The molecule has 1 aromatic rings. The summed E-state index contributed by atoms with van der Waals surface area (Å²) < 4.78 is 49.0. The van der Waals surface area contributed by atoms with E-state index in [-0.39, 0.29) is 11.5 Å². The zero-order valence-electron chi connectivity index (χ0n) is 12.4. The van der Waals surface area contributed by atoms with Gasteiger partial charge in [0.25, 0.3) is 5.79 Å². The van der Waals surface area contributed by atoms with Gasteiger partial charge in [0.05, 0.1) is 0 Å². The Morgan fingerprint density at radius 3 is 2.50 bits per heavy atom. The van der Waals surface area contributed by atoms with Gasteiger partial charge in [0, 0.05) is 5.92 Å². The fourth-order valence-corrected chi connectivity index (χ4v) is 2.62. The minimum atomic E-state index is -4.85. The number of nitrogens with zero attached hydrogens (tertiary/aromatic N) is 1. The van der Waals surface area contributed by atoms with Crippen LogP contribution >= 0.6 is 0 Å². The molecule has 0 saturated heterocycles. The number of hydrogen-bond donors (Lipinski definition) is 0. The SMILES string of the molecule is CO/N=C1\CCCC(C)C1(Oc1ccccc1)OC(F)(F)F. The van der Waals surface area contributed by atoms with Crippen molar-refractivity contribution in [2.45, 2.75) is 38.3 Å². The molecule has 0 aromatic heterocycles. The molecule has 0 amide bonds. The van der Waals surface area contributed by atoms with Crippen molar-refractivity contribution in [1.82, 2.24) is 0 Å². The number of para-hydroxylation sites is 1. The lowest BCUT2D eigenvalue weighted by Gasteiger charge is -2.42. The van der Waals surface area contributed by atoms with E-state index in [1.807, 2.05) is 0 Å². The summed E-state index contributed by atoms with van der Waals surface area (Å²) in [6, 6.07) is 8.26. The maximum Gasteiger partial charge on any atom is 0.526 e. The van der Waals surface area contributed by atoms with Crippen molar-refractivity contribution in [1.29, 1.82) is 0 Å². The molecule has 22 heavy (non-hydrogen) atoms. The van der Waals surface area contributed by atoms with Crippen molar-refractivity contribution in [3.63, 3.8) is 0 Å². The van der Waals surface area contributed by atoms with Gasteiger partial charge in [0.1, 0.15) is 18.6 Å². The van der Waals surface area contributed by atoms with Gasteiger partial charge in [-0.3, -0.25) is 0 Å². The van der Waals surface area contributed by atoms with Crippen LogP contribution in [0.15, 0.2) is 35.5 Å². The summed E-state index contributed by atoms with van der Waals surface area (Å²) in [5.74, 6) is -2.25. The van der Waals surface area contributed by atoms with Crippen molar-refractivity contribution in [2.75, 3.05) is 7.11 Å². The fourth-order valence-electron chi connectivity index (χ4n) is 2.62. The molecule has 0 heterocycles. The van der Waals surface area contributed by atoms with Gasteiger partial charge in [-0.2, -0.15) is 0 Å². The number of oxime groups is 1. The molecular formula is C15H18F3NO3. The Balaban J connectivity index is 2.44. The number of halogens is 3. The van der Waals surface area contributed by atoms with Gasteiger partial charge in [-0.25, -0.2) is 4.74 Å². The Morgan fingerprint density at radius 1 is 1.23 bits per heavy atom. The predicted octanol–water partition coefficient (Wildman–Crippen LogP) is 4.12. The Bertz CT molecular complexity index is 519. The Morgan fingerprint density at radius 2 is 1.91 bits per heavy atom. The number of benzene rings is 1. The van der Waals surface area contributed by atoms with Crippen LogP contribution in [0.4, 0.5) is 13.2 Å². The van der Waals surface area contributed by atoms with E-state index in [4.69, 9.17) is 9.57 Å². The molecular weight excluding hydrogens is 299 g/mol. The highest BCUT2D eigenvalue weighted by molar-refractivity contribution is 5.92. The summed E-state index contributed by atoms with van der Waals surface area (Å²) in [7, 11) is 1.28. The van der Waals surface area contributed by atoms with Crippen molar-refractivity contribution in [3.8, 4) is 5.75 Å². The molecule has 2 rings (SSSR count). The zero-order chi connectivity index (χ0) is 16.2. The molecule has 1 aliphatic carbocycles. The number of alkyl halides is 3. The molecule has 122 valence electrons. The van der Waals surface area contributed by atoms with Gasteiger partial charge < -0.3 is 9.57 Å². The minimum absolute atomic E-state index is 0.106. The summed E-state index contributed by atoms with van der Waals surface area (Å²) in [5, 5.41) is 3.73. The zero-order valence-corrected chi connectivity index (χ0v) is 12.4. The first-order chi connectivity index (χ1) is 10.4. The predicted molar refractivity (Wildman–Crippen MR) is 74.4 cm³/mol. The summed E-state index contributed by atoms with van der Waals surface area (Å²) >= 11 is 0. The Labute approximate surface area is 126 Å². The van der Waals surface area contributed by atoms with Crippen LogP contribution in [-0.2, 0) is 9.57 Å². The molecule has 1 saturated carbocycles. The van der Waals surface area contributed by atoms with Crippen molar-refractivity contribution >= 4 is 5.71 Å². The molecule has 1 aromatic carbocycles. The van der Waals surface area contributed by atoms with E-state index in [0.717, 1.165) is 0 Å². The highest BCUT2D eigenvalue weighted by Crippen LogP contribution is 2.41. The summed E-state index contributed by atoms with van der Waals surface area (Å²) in [6.45, 7) is 1.65. The molecule has 0 spiro atoms. The second kappa shape index (κ2) is 6.56. The van der Waals surface area contributed by atoms with Crippen LogP contribution in [-0.4, -0.2) is 25.0 Å². The van der Waals surface area contributed by atoms with Crippen LogP contribution in [0.1, 0.15) is 26.2 Å². The van der Waals surface area contributed by atoms with Gasteiger partial charge in [-0.05, 0) is 31.4 Å². The molecule has 0 aliphatic heterocycles. The quantitative estimate of drug-likeness (QED) is 0.619. The van der Waals surface area contributed by atoms with Gasteiger partial charge in [0.15, 0.2) is 0 Å². The standard InChI is InChI=1S/C15H18F3NO3/c1-11-7-6-10-13(19-20-2)14(11,22-15(16,17)18)21-12-8-4-3-5-9-12/h3-5,8-9,11H,6-7,10H2,1-2H3/b19-13+. The lowest BCUT2D eigenvalue weighted by atomic mass is 9.82. The van der Waals surface area contributed by atoms with Gasteiger partial charge in [-0.15, -0.1) is 13.2 Å². The molecule has 7 heteroatoms. The Kier molecular flexibility index (Phi) is 4.95. The maximum absolute atomic E-state index is 13.0. The molecule has 1 fully saturated rings. The van der Waals surface area contributed by atoms with E-state index in [1.165, 1.54) is 7.11 Å². The Hall–Kier alpha value is -1.76. The minimum Gasteiger partial charge on any atom is -0.456 e. The highest BCUT2D eigenvalue weighted by Gasteiger charge is 2.54. The van der Waals surface area contributed by atoms with Crippen LogP contribution in [0, 0.1) is 5.92 Å². The van der Waals surface area contributed by atoms with E-state index in [9.17, 15) is 13.2 Å². The van der Waals surface area contributed by atoms with Gasteiger partial charge in [0.2, 0.25) is 0 Å². The van der Waals surface area contributed by atoms with Gasteiger partial charge in [-0.1, -0.05) is 30.3 Å². The van der Waals surface area contributed by atoms with E-state index in [2.05, 4.69) is 9.89 Å². The van der Waals surface area contributed by atoms with Crippen LogP contribution in [0.3, 0.4) is 0 Å². The van der Waals surface area contributed by atoms with Crippen LogP contribution < -0.4 is 4.74 Å². The van der Waals surface area contributed by atoms with Crippen LogP contribution in [0.25, 0.3) is 0 Å². The van der Waals surface area contributed by atoms with E-state index >= 15 is 0 Å². The molecule has 0 N–H and O–H groups in total. The van der Waals surface area contributed by atoms with E-state index in [0.29, 0.717) is 19.3 Å². The smallest absolute Gasteiger partial charge is 0.456 e. The lowest BCUT2D eigenvalue weighted by molar-refractivity contribution is -0.394. The van der Waals surface area contributed by atoms with Crippen molar-refractivity contribution in [3.05, 3.63) is 30.3 Å². The summed E-state index contributed by atoms with van der Waals surface area (Å²) in [5.41, 5.74) is 0.106. The largest absolute Gasteiger partial charge is 0.526 e. The lowest BCUT2D eigenvalue weighted by Crippen LogP contribution is -2.57. The average molecular weight is 317 g/mol. The molecule has 4 nitrogen and oxygen atoms in total.